The van der Waals surface area contributed by atoms with Crippen molar-refractivity contribution in [1.82, 2.24) is 10.2 Å². The number of rotatable bonds is 5. The van der Waals surface area contributed by atoms with E-state index >= 15 is 0 Å². The van der Waals surface area contributed by atoms with Crippen LogP contribution in [0.4, 0.5) is 4.39 Å². The largest absolute Gasteiger partial charge is 0.480 e. The van der Waals surface area contributed by atoms with Crippen LogP contribution in [0.1, 0.15) is 18.5 Å². The second-order valence-electron chi connectivity index (χ2n) is 5.14. The van der Waals surface area contributed by atoms with E-state index in [4.69, 9.17) is 9.84 Å². The van der Waals surface area contributed by atoms with Gasteiger partial charge in [-0.1, -0.05) is 18.2 Å². The Morgan fingerprint density at radius 1 is 1.32 bits per heavy atom. The molecular weight excluding hydrogens is 291 g/mol. The number of morpholine rings is 1. The van der Waals surface area contributed by atoms with E-state index in [1.807, 2.05) is 0 Å². The molecular formula is C15H19FN2O4. The van der Waals surface area contributed by atoms with Crippen molar-refractivity contribution in [3.05, 3.63) is 35.6 Å². The molecule has 0 aromatic heterocycles. The highest BCUT2D eigenvalue weighted by atomic mass is 19.1. The van der Waals surface area contributed by atoms with Crippen molar-refractivity contribution in [2.24, 2.45) is 0 Å². The molecule has 22 heavy (non-hydrogen) atoms. The normalized spacial score (nSPS) is 18.5. The SMILES string of the molecule is C[C@H](NC(=O)C(c1ccccc1F)N1CCOCC1)C(=O)O. The van der Waals surface area contributed by atoms with Gasteiger partial charge in [-0.3, -0.25) is 14.5 Å². The Morgan fingerprint density at radius 3 is 2.55 bits per heavy atom. The number of benzene rings is 1. The third kappa shape index (κ3) is 3.80. The zero-order valence-electron chi connectivity index (χ0n) is 12.3. The summed E-state index contributed by atoms with van der Waals surface area (Å²) >= 11 is 0. The molecule has 6 nitrogen and oxygen atoms in total. The molecule has 1 unspecified atom stereocenters. The number of hydrogen-bond donors (Lipinski definition) is 2. The van der Waals surface area contributed by atoms with Crippen LogP contribution in [0.15, 0.2) is 24.3 Å². The number of aliphatic carboxylic acids is 1. The predicted octanol–water partition coefficient (Wildman–Crippen LogP) is 0.788. The Bertz CT molecular complexity index is 546. The van der Waals surface area contributed by atoms with Gasteiger partial charge in [0, 0.05) is 18.7 Å². The van der Waals surface area contributed by atoms with Gasteiger partial charge in [0.2, 0.25) is 5.91 Å². The van der Waals surface area contributed by atoms with Gasteiger partial charge in [-0.2, -0.15) is 0 Å². The molecule has 0 saturated carbocycles. The fraction of sp³-hybridized carbons (Fsp3) is 0.467. The second-order valence-corrected chi connectivity index (χ2v) is 5.14. The Morgan fingerprint density at radius 2 is 1.95 bits per heavy atom. The van der Waals surface area contributed by atoms with Crippen molar-refractivity contribution in [3.8, 4) is 0 Å². The summed E-state index contributed by atoms with van der Waals surface area (Å²) in [7, 11) is 0. The van der Waals surface area contributed by atoms with Gasteiger partial charge in [-0.15, -0.1) is 0 Å². The first-order valence-electron chi connectivity index (χ1n) is 7.10. The van der Waals surface area contributed by atoms with Crippen LogP contribution in [0, 0.1) is 5.82 Å². The molecule has 2 N–H and O–H groups in total. The fourth-order valence-electron chi connectivity index (χ4n) is 2.39. The number of nitrogens with zero attached hydrogens (tertiary/aromatic N) is 1. The maximum Gasteiger partial charge on any atom is 0.325 e. The van der Waals surface area contributed by atoms with E-state index in [1.165, 1.54) is 13.0 Å². The predicted molar refractivity (Wildman–Crippen MR) is 76.8 cm³/mol. The van der Waals surface area contributed by atoms with E-state index in [0.717, 1.165) is 0 Å². The van der Waals surface area contributed by atoms with Gasteiger partial charge >= 0.3 is 5.97 Å². The number of halogens is 1. The summed E-state index contributed by atoms with van der Waals surface area (Å²) in [5, 5.41) is 11.3. The Balaban J connectivity index is 2.27. The first-order chi connectivity index (χ1) is 10.5. The Kier molecular flexibility index (Phi) is 5.46. The van der Waals surface area contributed by atoms with Gasteiger partial charge in [-0.25, -0.2) is 4.39 Å². The van der Waals surface area contributed by atoms with Crippen LogP contribution in [-0.4, -0.2) is 54.2 Å². The molecule has 2 atom stereocenters. The number of carboxylic acid groups (broad SMARTS) is 1. The van der Waals surface area contributed by atoms with Crippen molar-refractivity contribution >= 4 is 11.9 Å². The Labute approximate surface area is 127 Å². The van der Waals surface area contributed by atoms with E-state index < -0.39 is 29.8 Å². The maximum absolute atomic E-state index is 14.1. The van der Waals surface area contributed by atoms with Crippen molar-refractivity contribution in [1.29, 1.82) is 0 Å². The number of carboxylic acids is 1. The maximum atomic E-state index is 14.1. The van der Waals surface area contributed by atoms with Gasteiger partial charge < -0.3 is 15.2 Å². The van der Waals surface area contributed by atoms with Crippen LogP contribution in [0.5, 0.6) is 0 Å². The van der Waals surface area contributed by atoms with Gasteiger partial charge in [-0.05, 0) is 13.0 Å². The van der Waals surface area contributed by atoms with E-state index in [0.29, 0.717) is 26.3 Å². The smallest absolute Gasteiger partial charge is 0.325 e. The van der Waals surface area contributed by atoms with Crippen molar-refractivity contribution in [3.63, 3.8) is 0 Å². The first-order valence-corrected chi connectivity index (χ1v) is 7.10. The molecule has 1 heterocycles. The quantitative estimate of drug-likeness (QED) is 0.840. The average molecular weight is 310 g/mol. The van der Waals surface area contributed by atoms with Crippen LogP contribution in [0.3, 0.4) is 0 Å². The van der Waals surface area contributed by atoms with Gasteiger partial charge in [0.1, 0.15) is 17.9 Å². The van der Waals surface area contributed by atoms with Gasteiger partial charge in [0.05, 0.1) is 13.2 Å². The summed E-state index contributed by atoms with van der Waals surface area (Å²) in [6, 6.07) is 4.12. The van der Waals surface area contributed by atoms with Crippen LogP contribution in [0.2, 0.25) is 0 Å². The van der Waals surface area contributed by atoms with E-state index in [2.05, 4.69) is 5.32 Å². The number of carbonyl (C=O) groups excluding carboxylic acids is 1. The minimum absolute atomic E-state index is 0.236. The zero-order chi connectivity index (χ0) is 16.1. The molecule has 0 aliphatic carbocycles. The summed E-state index contributed by atoms with van der Waals surface area (Å²) < 4.78 is 19.4. The molecule has 120 valence electrons. The van der Waals surface area contributed by atoms with Crippen LogP contribution < -0.4 is 5.32 Å². The summed E-state index contributed by atoms with van der Waals surface area (Å²) in [6.07, 6.45) is 0. The molecule has 0 radical (unpaired) electrons. The summed E-state index contributed by atoms with van der Waals surface area (Å²) in [4.78, 5) is 25.2. The van der Waals surface area contributed by atoms with E-state index in [1.54, 1.807) is 23.1 Å². The highest BCUT2D eigenvalue weighted by molar-refractivity contribution is 5.87. The Hall–Kier alpha value is -1.99. The average Bonchev–Trinajstić information content (AvgIpc) is 2.50. The summed E-state index contributed by atoms with van der Waals surface area (Å²) in [6.45, 7) is 3.24. The number of hydrogen-bond acceptors (Lipinski definition) is 4. The van der Waals surface area contributed by atoms with E-state index in [9.17, 15) is 14.0 Å². The van der Waals surface area contributed by atoms with Gasteiger partial charge in [0.15, 0.2) is 0 Å². The molecule has 1 fully saturated rings. The molecule has 7 heteroatoms. The molecule has 1 aliphatic rings. The monoisotopic (exact) mass is 310 g/mol. The molecule has 1 saturated heterocycles. The molecule has 2 rings (SSSR count). The highest BCUT2D eigenvalue weighted by Gasteiger charge is 2.32. The van der Waals surface area contributed by atoms with Gasteiger partial charge in [0.25, 0.3) is 0 Å². The molecule has 0 bridgehead atoms. The first kappa shape index (κ1) is 16.4. The third-order valence-electron chi connectivity index (χ3n) is 3.59. The second kappa shape index (κ2) is 7.33. The number of nitrogens with one attached hydrogen (secondary N) is 1. The molecule has 1 aromatic rings. The standard InChI is InChI=1S/C15H19FN2O4/c1-10(15(20)21)17-14(19)13(18-6-8-22-9-7-18)11-4-2-3-5-12(11)16/h2-5,10,13H,6-9H2,1H3,(H,17,19)(H,20,21)/t10-,13?/m0/s1. The van der Waals surface area contributed by atoms with Crippen LogP contribution >= 0.6 is 0 Å². The lowest BCUT2D eigenvalue weighted by molar-refractivity contribution is -0.142. The fourth-order valence-corrected chi connectivity index (χ4v) is 2.39. The number of carbonyl (C=O) groups is 2. The molecule has 1 amide bonds. The summed E-state index contributed by atoms with van der Waals surface area (Å²) in [5.74, 6) is -2.15. The topological polar surface area (TPSA) is 78.9 Å². The number of ether oxygens (including phenoxy) is 1. The van der Waals surface area contributed by atoms with E-state index in [-0.39, 0.29) is 5.56 Å². The lowest BCUT2D eigenvalue weighted by Gasteiger charge is -2.34. The van der Waals surface area contributed by atoms with Crippen molar-refractivity contribution < 1.29 is 23.8 Å². The minimum atomic E-state index is -1.14. The van der Waals surface area contributed by atoms with Crippen molar-refractivity contribution in [2.75, 3.05) is 26.3 Å². The molecule has 1 aliphatic heterocycles. The van der Waals surface area contributed by atoms with Crippen LogP contribution in [-0.2, 0) is 14.3 Å². The summed E-state index contributed by atoms with van der Waals surface area (Å²) in [5.41, 5.74) is 0.236. The lowest BCUT2D eigenvalue weighted by Crippen LogP contribution is -2.49. The third-order valence-corrected chi connectivity index (χ3v) is 3.59. The zero-order valence-corrected chi connectivity index (χ0v) is 12.3. The number of amides is 1. The molecule has 1 aromatic carbocycles. The molecule has 0 spiro atoms. The van der Waals surface area contributed by atoms with Crippen molar-refractivity contribution in [2.45, 2.75) is 19.0 Å². The minimum Gasteiger partial charge on any atom is -0.480 e. The highest BCUT2D eigenvalue weighted by Crippen LogP contribution is 2.24. The van der Waals surface area contributed by atoms with Crippen LogP contribution in [0.25, 0.3) is 0 Å². The lowest BCUT2D eigenvalue weighted by atomic mass is 10.0.